The van der Waals surface area contributed by atoms with E-state index in [4.69, 9.17) is 6.48 Å². The average Bonchev–Trinajstić information content (AvgIpc) is 2.36. The van der Waals surface area contributed by atoms with Crippen molar-refractivity contribution in [1.29, 1.82) is 0 Å². The Morgan fingerprint density at radius 3 is 3.18 bits per heavy atom. The number of nitrogens with one attached hydrogen (secondary N) is 1. The molecule has 60 valence electrons. The Kier molecular flexibility index (Phi) is 1.76. The number of furan rings is 1. The minimum atomic E-state index is -0.962. The molecule has 1 rings (SSSR count). The van der Waals surface area contributed by atoms with E-state index in [2.05, 4.69) is 9.73 Å². The second kappa shape index (κ2) is 3.09. The van der Waals surface area contributed by atoms with Crippen molar-refractivity contribution in [3.05, 3.63) is 18.6 Å². The number of carboxylic acids is 1. The lowest BCUT2D eigenvalue weighted by Gasteiger charge is -2.06. The standard InChI is InChI=1S/C7H9NO3/c1-5(7(9)10)8-6-2-3-11-4-6/h2-5,8H,1H3,(H,9,10)/t5-/m0/s1/i4D. The second-order valence-electron chi connectivity index (χ2n) is 2.14. The second-order valence-corrected chi connectivity index (χ2v) is 2.14. The molecule has 0 aliphatic carbocycles. The molecule has 0 amide bonds. The molecule has 1 heterocycles. The van der Waals surface area contributed by atoms with Gasteiger partial charge in [0.1, 0.15) is 13.7 Å². The normalized spacial score (nSPS) is 13.7. The lowest BCUT2D eigenvalue weighted by molar-refractivity contribution is -0.137. The molecule has 2 N–H and O–H groups in total. The van der Waals surface area contributed by atoms with Crippen LogP contribution in [-0.4, -0.2) is 17.1 Å². The van der Waals surface area contributed by atoms with Gasteiger partial charge in [-0.15, -0.1) is 0 Å². The summed E-state index contributed by atoms with van der Waals surface area (Å²) in [5, 5.41) is 11.1. The van der Waals surface area contributed by atoms with Crippen LogP contribution in [0.1, 0.15) is 8.29 Å². The van der Waals surface area contributed by atoms with Gasteiger partial charge < -0.3 is 14.8 Å². The molecule has 0 aliphatic heterocycles. The third-order valence-corrected chi connectivity index (χ3v) is 1.21. The van der Waals surface area contributed by atoms with Gasteiger partial charge in [-0.25, -0.2) is 0 Å². The Bertz CT molecular complexity index is 284. The minimum Gasteiger partial charge on any atom is -0.480 e. The van der Waals surface area contributed by atoms with Gasteiger partial charge in [0, 0.05) is 0 Å². The van der Waals surface area contributed by atoms with Crippen LogP contribution >= 0.6 is 0 Å². The number of carboxylic acid groups (broad SMARTS) is 1. The summed E-state index contributed by atoms with van der Waals surface area (Å²) in [7, 11) is 0. The molecule has 0 spiro atoms. The van der Waals surface area contributed by atoms with Crippen LogP contribution in [0.4, 0.5) is 5.69 Å². The monoisotopic (exact) mass is 156 g/mol. The number of aliphatic carboxylic acids is 1. The highest BCUT2D eigenvalue weighted by molar-refractivity contribution is 5.76. The van der Waals surface area contributed by atoms with E-state index in [0.717, 1.165) is 0 Å². The van der Waals surface area contributed by atoms with Crippen molar-refractivity contribution in [2.45, 2.75) is 13.0 Å². The summed E-state index contributed by atoms with van der Waals surface area (Å²) in [5.74, 6) is -0.962. The molecule has 0 bridgehead atoms. The van der Waals surface area contributed by atoms with Crippen LogP contribution in [0.2, 0.25) is 0 Å². The van der Waals surface area contributed by atoms with Crippen LogP contribution in [0.3, 0.4) is 0 Å². The van der Waals surface area contributed by atoms with E-state index >= 15 is 0 Å². The Hall–Kier alpha value is -1.45. The lowest BCUT2D eigenvalue weighted by atomic mass is 10.3. The highest BCUT2D eigenvalue weighted by Gasteiger charge is 2.09. The van der Waals surface area contributed by atoms with Gasteiger partial charge in [-0.2, -0.15) is 0 Å². The molecule has 0 unspecified atom stereocenters. The predicted octanol–water partition coefficient (Wildman–Crippen LogP) is 1.16. The summed E-state index contributed by atoms with van der Waals surface area (Å²) < 4.78 is 11.8. The van der Waals surface area contributed by atoms with Crippen molar-refractivity contribution < 1.29 is 15.7 Å². The molecule has 4 nitrogen and oxygen atoms in total. The van der Waals surface area contributed by atoms with Crippen LogP contribution in [0.25, 0.3) is 0 Å². The van der Waals surface area contributed by atoms with Gasteiger partial charge >= 0.3 is 5.97 Å². The third kappa shape index (κ3) is 2.00. The topological polar surface area (TPSA) is 62.5 Å². The average molecular weight is 156 g/mol. The molecule has 0 aromatic carbocycles. The first-order chi connectivity index (χ1) is 5.61. The largest absolute Gasteiger partial charge is 0.480 e. The molecular formula is C7H9NO3. The maximum atomic E-state index is 10.4. The highest BCUT2D eigenvalue weighted by atomic mass is 16.4. The minimum absolute atomic E-state index is 0.0527. The smallest absolute Gasteiger partial charge is 0.325 e. The van der Waals surface area contributed by atoms with Gasteiger partial charge in [-0.05, 0) is 13.0 Å². The van der Waals surface area contributed by atoms with Crippen molar-refractivity contribution in [2.24, 2.45) is 0 Å². The summed E-state index contributed by atoms with van der Waals surface area (Å²) in [6, 6.07) is 0.800. The Morgan fingerprint density at radius 2 is 2.73 bits per heavy atom. The predicted molar refractivity (Wildman–Crippen MR) is 39.4 cm³/mol. The van der Waals surface area contributed by atoms with Crippen LogP contribution in [0.15, 0.2) is 23.0 Å². The fraction of sp³-hybridized carbons (Fsp3) is 0.286. The highest BCUT2D eigenvalue weighted by Crippen LogP contribution is 2.07. The maximum absolute atomic E-state index is 10.4. The van der Waals surface area contributed by atoms with E-state index < -0.39 is 12.0 Å². The summed E-state index contributed by atoms with van der Waals surface area (Å²) in [6.07, 6.45) is 1.28. The zero-order valence-corrected chi connectivity index (χ0v) is 6.00. The Balaban J connectivity index is 2.64. The first kappa shape index (κ1) is 6.27. The van der Waals surface area contributed by atoms with Crippen molar-refractivity contribution in [2.75, 3.05) is 5.32 Å². The van der Waals surface area contributed by atoms with Crippen LogP contribution in [0, 0.1) is 0 Å². The van der Waals surface area contributed by atoms with Gasteiger partial charge in [0.25, 0.3) is 0 Å². The fourth-order valence-corrected chi connectivity index (χ4v) is 0.606. The van der Waals surface area contributed by atoms with Crippen molar-refractivity contribution in [1.82, 2.24) is 0 Å². The first-order valence-corrected chi connectivity index (χ1v) is 3.14. The third-order valence-electron chi connectivity index (χ3n) is 1.21. The SMILES string of the molecule is [2H]c1occc1N[C@@H](C)C(=O)O. The maximum Gasteiger partial charge on any atom is 0.325 e. The Labute approximate surface area is 65.2 Å². The quantitative estimate of drug-likeness (QED) is 0.689. The molecule has 1 aromatic rings. The number of hydrogen-bond acceptors (Lipinski definition) is 3. The molecule has 0 aliphatic rings. The number of anilines is 1. The van der Waals surface area contributed by atoms with E-state index in [9.17, 15) is 4.79 Å². The molecule has 0 saturated carbocycles. The van der Waals surface area contributed by atoms with Crippen LogP contribution < -0.4 is 5.32 Å². The van der Waals surface area contributed by atoms with Crippen molar-refractivity contribution in [3.8, 4) is 0 Å². The van der Waals surface area contributed by atoms with E-state index in [0.29, 0.717) is 5.69 Å². The van der Waals surface area contributed by atoms with Gasteiger partial charge in [-0.3, -0.25) is 4.79 Å². The molecule has 0 saturated heterocycles. The van der Waals surface area contributed by atoms with Crippen LogP contribution in [0.5, 0.6) is 0 Å². The van der Waals surface area contributed by atoms with Gasteiger partial charge in [0.05, 0.1) is 12.0 Å². The Morgan fingerprint density at radius 1 is 2.00 bits per heavy atom. The molecule has 1 atom stereocenters. The van der Waals surface area contributed by atoms with E-state index in [-0.39, 0.29) is 6.24 Å². The van der Waals surface area contributed by atoms with E-state index in [1.165, 1.54) is 19.3 Å². The van der Waals surface area contributed by atoms with Gasteiger partial charge in [0.15, 0.2) is 0 Å². The molecule has 11 heavy (non-hydrogen) atoms. The summed E-state index contributed by atoms with van der Waals surface area (Å²) in [4.78, 5) is 10.4. The molecule has 0 radical (unpaired) electrons. The molecule has 1 aromatic heterocycles. The lowest BCUT2D eigenvalue weighted by Crippen LogP contribution is -2.24. The molecule has 0 fully saturated rings. The summed E-state index contributed by atoms with van der Waals surface area (Å²) >= 11 is 0. The first-order valence-electron chi connectivity index (χ1n) is 3.64. The summed E-state index contributed by atoms with van der Waals surface area (Å²) in [6.45, 7) is 1.49. The number of hydrogen-bond donors (Lipinski definition) is 2. The number of carbonyl (C=O) groups is 1. The number of rotatable bonds is 3. The van der Waals surface area contributed by atoms with Crippen molar-refractivity contribution in [3.63, 3.8) is 0 Å². The van der Waals surface area contributed by atoms with Crippen molar-refractivity contribution >= 4 is 11.7 Å². The molecular weight excluding hydrogens is 146 g/mol. The van der Waals surface area contributed by atoms with Gasteiger partial charge in [-0.1, -0.05) is 0 Å². The van der Waals surface area contributed by atoms with Gasteiger partial charge in [0.2, 0.25) is 0 Å². The van der Waals surface area contributed by atoms with Crippen LogP contribution in [-0.2, 0) is 4.79 Å². The fourth-order valence-electron chi connectivity index (χ4n) is 0.606. The molecule has 4 heteroatoms. The summed E-state index contributed by atoms with van der Waals surface area (Å²) in [5.41, 5.74) is 0.393. The zero-order chi connectivity index (χ0) is 9.14. The van der Waals surface area contributed by atoms with E-state index in [1.807, 2.05) is 0 Å². The zero-order valence-electron chi connectivity index (χ0n) is 7.00. The van der Waals surface area contributed by atoms with E-state index in [1.54, 1.807) is 0 Å².